The minimum atomic E-state index is -1.18. The number of halogens is 5. The molecule has 1 aliphatic rings. The smallest absolute Gasteiger partial charge is 0.234 e. The lowest BCUT2D eigenvalue weighted by molar-refractivity contribution is -0.122. The number of hydrogen-bond acceptors (Lipinski definition) is 4. The van der Waals surface area contributed by atoms with E-state index in [0.717, 1.165) is 0 Å². The van der Waals surface area contributed by atoms with Crippen LogP contribution in [0.3, 0.4) is 0 Å². The van der Waals surface area contributed by atoms with Gasteiger partial charge in [-0.2, -0.15) is 5.10 Å². The van der Waals surface area contributed by atoms with Crippen LogP contribution in [0.5, 0.6) is 0 Å². The standard InChI is InChI=1S/C14H14ClF2N5O.2ClH/c15-10-1-2-11(22-7-19-6-20-22)9(13(10)17)5-21-4-8(16)3-12(21)14(18)23;;/h1-2,6-8,12H,3-5H2,(H2,18,23);2*1H/t8-,12+;;/m1../s1. The SMILES string of the molecule is Cl.Cl.NC(=O)[C@@H]1C[C@@H](F)CN1Cc1c(-n2cncn2)ccc(Cl)c1F. The number of amides is 1. The number of rotatable bonds is 4. The molecule has 1 aromatic carbocycles. The van der Waals surface area contributed by atoms with Crippen LogP contribution in [0.2, 0.25) is 5.02 Å². The van der Waals surface area contributed by atoms with Gasteiger partial charge in [-0.1, -0.05) is 11.6 Å². The Morgan fingerprint density at radius 2 is 2.12 bits per heavy atom. The molecule has 2 N–H and O–H groups in total. The number of nitrogens with two attached hydrogens (primary N) is 1. The number of benzene rings is 1. The van der Waals surface area contributed by atoms with Crippen LogP contribution in [-0.4, -0.2) is 44.3 Å². The zero-order valence-electron chi connectivity index (χ0n) is 12.8. The van der Waals surface area contributed by atoms with Crippen LogP contribution in [0.4, 0.5) is 8.78 Å². The Morgan fingerprint density at radius 3 is 2.72 bits per heavy atom. The molecule has 1 amide bonds. The number of likely N-dealkylation sites (tertiary alicyclic amines) is 1. The van der Waals surface area contributed by atoms with E-state index in [2.05, 4.69) is 10.1 Å². The molecule has 1 saturated heterocycles. The molecule has 1 aromatic heterocycles. The van der Waals surface area contributed by atoms with Gasteiger partial charge >= 0.3 is 0 Å². The van der Waals surface area contributed by atoms with Crippen molar-refractivity contribution in [3.63, 3.8) is 0 Å². The molecule has 2 aromatic rings. The van der Waals surface area contributed by atoms with Gasteiger partial charge in [0.25, 0.3) is 0 Å². The van der Waals surface area contributed by atoms with Crippen LogP contribution < -0.4 is 5.73 Å². The highest BCUT2D eigenvalue weighted by Gasteiger charge is 2.36. The van der Waals surface area contributed by atoms with Crippen molar-refractivity contribution in [3.05, 3.63) is 41.2 Å². The molecule has 2 atom stereocenters. The van der Waals surface area contributed by atoms with Gasteiger partial charge in [0, 0.05) is 25.1 Å². The highest BCUT2D eigenvalue weighted by Crippen LogP contribution is 2.29. The van der Waals surface area contributed by atoms with Crippen LogP contribution in [0, 0.1) is 5.82 Å². The summed E-state index contributed by atoms with van der Waals surface area (Å²) in [6, 6.07) is 2.23. The van der Waals surface area contributed by atoms with Crippen molar-refractivity contribution in [2.45, 2.75) is 25.2 Å². The minimum absolute atomic E-state index is 0. The summed E-state index contributed by atoms with van der Waals surface area (Å²) in [5.74, 6) is -1.26. The second kappa shape index (κ2) is 8.75. The Labute approximate surface area is 160 Å². The number of hydrogen-bond donors (Lipinski definition) is 1. The fraction of sp³-hybridized carbons (Fsp3) is 0.357. The lowest BCUT2D eigenvalue weighted by Crippen LogP contribution is -2.40. The Bertz CT molecular complexity index is 732. The third-order valence-corrected chi connectivity index (χ3v) is 4.17. The summed E-state index contributed by atoms with van der Waals surface area (Å²) >= 11 is 5.86. The predicted octanol–water partition coefficient (Wildman–Crippen LogP) is 2.30. The van der Waals surface area contributed by atoms with Gasteiger partial charge < -0.3 is 5.73 Å². The minimum Gasteiger partial charge on any atom is -0.368 e. The van der Waals surface area contributed by atoms with Crippen molar-refractivity contribution >= 4 is 42.3 Å². The molecule has 0 unspecified atom stereocenters. The quantitative estimate of drug-likeness (QED) is 0.833. The highest BCUT2D eigenvalue weighted by atomic mass is 35.5. The molecular formula is C14H16Cl3F2N5O. The van der Waals surface area contributed by atoms with Gasteiger partial charge in [0.1, 0.15) is 24.6 Å². The molecule has 0 aliphatic carbocycles. The number of alkyl halides is 1. The molecule has 0 spiro atoms. The maximum atomic E-state index is 14.5. The lowest BCUT2D eigenvalue weighted by atomic mass is 10.1. The van der Waals surface area contributed by atoms with Gasteiger partial charge in [0.05, 0.1) is 16.8 Å². The second-order valence-corrected chi connectivity index (χ2v) is 5.79. The zero-order chi connectivity index (χ0) is 16.6. The second-order valence-electron chi connectivity index (χ2n) is 5.38. The van der Waals surface area contributed by atoms with Gasteiger partial charge in [-0.25, -0.2) is 18.4 Å². The molecule has 2 heterocycles. The van der Waals surface area contributed by atoms with E-state index >= 15 is 0 Å². The average Bonchev–Trinajstić information content (AvgIpc) is 3.14. The number of aromatic nitrogens is 3. The topological polar surface area (TPSA) is 77.0 Å². The van der Waals surface area contributed by atoms with Crippen molar-refractivity contribution in [1.29, 1.82) is 0 Å². The maximum absolute atomic E-state index is 14.5. The molecular weight excluding hydrogens is 399 g/mol. The summed E-state index contributed by atoms with van der Waals surface area (Å²) in [6.45, 7) is 0.00592. The Balaban J connectivity index is 0.00000156. The number of primary amides is 1. The number of nitrogens with zero attached hydrogens (tertiary/aromatic N) is 4. The van der Waals surface area contributed by atoms with E-state index in [0.29, 0.717) is 5.69 Å². The van der Waals surface area contributed by atoms with E-state index in [1.807, 2.05) is 0 Å². The van der Waals surface area contributed by atoms with E-state index in [-0.39, 0.29) is 54.9 Å². The van der Waals surface area contributed by atoms with Crippen molar-refractivity contribution in [1.82, 2.24) is 19.7 Å². The summed E-state index contributed by atoms with van der Waals surface area (Å²) in [7, 11) is 0. The lowest BCUT2D eigenvalue weighted by Gasteiger charge is -2.23. The zero-order valence-corrected chi connectivity index (χ0v) is 15.2. The number of carbonyl (C=O) groups is 1. The average molecular weight is 415 g/mol. The van der Waals surface area contributed by atoms with Crippen LogP contribution >= 0.6 is 36.4 Å². The Hall–Kier alpha value is -1.48. The van der Waals surface area contributed by atoms with E-state index in [1.165, 1.54) is 28.3 Å². The van der Waals surface area contributed by atoms with Crippen LogP contribution in [0.1, 0.15) is 12.0 Å². The normalized spacial score (nSPS) is 20.0. The predicted molar refractivity (Wildman–Crippen MR) is 93.7 cm³/mol. The monoisotopic (exact) mass is 413 g/mol. The van der Waals surface area contributed by atoms with Crippen LogP contribution in [-0.2, 0) is 11.3 Å². The first-order valence-corrected chi connectivity index (χ1v) is 7.34. The first kappa shape index (κ1) is 21.6. The molecule has 0 bridgehead atoms. The summed E-state index contributed by atoms with van der Waals surface area (Å²) < 4.78 is 29.5. The molecule has 0 radical (unpaired) electrons. The third kappa shape index (κ3) is 4.38. The molecule has 1 aliphatic heterocycles. The molecule has 6 nitrogen and oxygen atoms in total. The van der Waals surface area contributed by atoms with E-state index in [1.54, 1.807) is 6.07 Å². The van der Waals surface area contributed by atoms with E-state index in [9.17, 15) is 13.6 Å². The summed E-state index contributed by atoms with van der Waals surface area (Å²) in [5.41, 5.74) is 5.95. The van der Waals surface area contributed by atoms with Gasteiger partial charge in [-0.15, -0.1) is 24.8 Å². The maximum Gasteiger partial charge on any atom is 0.234 e. The molecule has 1 fully saturated rings. The number of carbonyl (C=O) groups excluding carboxylic acids is 1. The largest absolute Gasteiger partial charge is 0.368 e. The van der Waals surface area contributed by atoms with Gasteiger partial charge in [-0.3, -0.25) is 9.69 Å². The summed E-state index contributed by atoms with van der Waals surface area (Å²) in [4.78, 5) is 16.8. The first-order chi connectivity index (χ1) is 11.0. The molecule has 11 heteroatoms. The van der Waals surface area contributed by atoms with E-state index < -0.39 is 23.9 Å². The summed E-state index contributed by atoms with van der Waals surface area (Å²) in [6.07, 6.45) is 1.57. The fourth-order valence-electron chi connectivity index (χ4n) is 2.80. The van der Waals surface area contributed by atoms with Gasteiger partial charge in [0.2, 0.25) is 5.91 Å². The molecule has 25 heavy (non-hydrogen) atoms. The van der Waals surface area contributed by atoms with Crippen molar-refractivity contribution in [2.75, 3.05) is 6.54 Å². The first-order valence-electron chi connectivity index (χ1n) is 6.96. The molecule has 138 valence electrons. The van der Waals surface area contributed by atoms with Crippen LogP contribution in [0.25, 0.3) is 5.69 Å². The summed E-state index contributed by atoms with van der Waals surface area (Å²) in [5, 5.41) is 3.91. The highest BCUT2D eigenvalue weighted by molar-refractivity contribution is 6.30. The van der Waals surface area contributed by atoms with Gasteiger partial charge in [0.15, 0.2) is 0 Å². The van der Waals surface area contributed by atoms with Crippen molar-refractivity contribution < 1.29 is 13.6 Å². The van der Waals surface area contributed by atoms with Gasteiger partial charge in [-0.05, 0) is 12.1 Å². The molecule has 3 rings (SSSR count). The fourth-order valence-corrected chi connectivity index (χ4v) is 2.98. The van der Waals surface area contributed by atoms with Crippen molar-refractivity contribution in [3.8, 4) is 5.69 Å². The third-order valence-electron chi connectivity index (χ3n) is 3.88. The Kier molecular flexibility index (Phi) is 7.55. The van der Waals surface area contributed by atoms with Crippen LogP contribution in [0.15, 0.2) is 24.8 Å². The molecule has 0 saturated carbocycles. The van der Waals surface area contributed by atoms with Crippen molar-refractivity contribution in [2.24, 2.45) is 5.73 Å². The van der Waals surface area contributed by atoms with E-state index in [4.69, 9.17) is 17.3 Å². The Morgan fingerprint density at radius 1 is 1.40 bits per heavy atom.